The molecule has 1 spiro atoms. The lowest BCUT2D eigenvalue weighted by Gasteiger charge is -2.37. The summed E-state index contributed by atoms with van der Waals surface area (Å²) < 4.78 is 25.9. The first-order valence-electron chi connectivity index (χ1n) is 11.4. The summed E-state index contributed by atoms with van der Waals surface area (Å²) in [5.74, 6) is 0.491. The number of hydrogen-bond donors (Lipinski definition) is 2. The van der Waals surface area contributed by atoms with Crippen LogP contribution in [0.25, 0.3) is 12.2 Å². The number of fused-ring (bicyclic) bond motifs is 1. The van der Waals surface area contributed by atoms with E-state index >= 15 is 0 Å². The molecule has 5 rings (SSSR count). The Balaban J connectivity index is 1.26. The van der Waals surface area contributed by atoms with Gasteiger partial charge in [0.2, 0.25) is 0 Å². The number of ether oxygens (including phenoxy) is 2. The SMILES string of the molecule is CN1CCC2(CC1)CC(COC1C=c3ncnc(Nc4ccc(F)c(Cl)c4)c3=C[C@@H]1N)CO2. The summed E-state index contributed by atoms with van der Waals surface area (Å²) in [6.45, 7) is 3.52. The van der Waals surface area contributed by atoms with E-state index in [0.29, 0.717) is 24.0 Å². The fourth-order valence-electron chi connectivity index (χ4n) is 4.90. The first-order valence-corrected chi connectivity index (χ1v) is 11.8. The monoisotopic (exact) mass is 473 g/mol. The Hall–Kier alpha value is -2.10. The predicted octanol–water partition coefficient (Wildman–Crippen LogP) is 1.80. The second-order valence-electron chi connectivity index (χ2n) is 9.35. The molecular formula is C24H29ClFN5O2. The van der Waals surface area contributed by atoms with Gasteiger partial charge in [-0.25, -0.2) is 14.4 Å². The van der Waals surface area contributed by atoms with E-state index in [-0.39, 0.29) is 22.8 Å². The van der Waals surface area contributed by atoms with Crippen molar-refractivity contribution in [3.63, 3.8) is 0 Å². The Morgan fingerprint density at radius 3 is 2.91 bits per heavy atom. The fraction of sp³-hybridized carbons (Fsp3) is 0.500. The van der Waals surface area contributed by atoms with Gasteiger partial charge in [0.1, 0.15) is 18.0 Å². The van der Waals surface area contributed by atoms with Gasteiger partial charge in [-0.2, -0.15) is 0 Å². The average molecular weight is 474 g/mol. The Bertz CT molecular complexity index is 1140. The van der Waals surface area contributed by atoms with Gasteiger partial charge in [0.25, 0.3) is 0 Å². The largest absolute Gasteiger partial charge is 0.375 e. The standard InChI is InChI=1S/C24H29ClFN5O2/c1-31-6-4-24(5-7-31)11-15(13-33-24)12-32-22-10-21-17(9-20(22)27)23(29-14-28-21)30-16-2-3-19(26)18(25)8-16/h2-3,8-10,14-15,20,22H,4-7,11-13,27H2,1H3,(H,28,29,30)/t15?,20-,22?/m0/s1. The van der Waals surface area contributed by atoms with E-state index in [4.69, 9.17) is 26.8 Å². The number of likely N-dealkylation sites (tertiary alicyclic amines) is 1. The van der Waals surface area contributed by atoms with Gasteiger partial charge in [0.05, 0.1) is 41.3 Å². The maximum Gasteiger partial charge on any atom is 0.141 e. The van der Waals surface area contributed by atoms with Gasteiger partial charge < -0.3 is 25.4 Å². The van der Waals surface area contributed by atoms with Crippen molar-refractivity contribution in [2.75, 3.05) is 38.7 Å². The zero-order chi connectivity index (χ0) is 23.0. The molecule has 0 radical (unpaired) electrons. The highest BCUT2D eigenvalue weighted by Crippen LogP contribution is 2.38. The molecule has 1 aromatic carbocycles. The van der Waals surface area contributed by atoms with Gasteiger partial charge in [0, 0.05) is 29.9 Å². The average Bonchev–Trinajstić information content (AvgIpc) is 3.20. The number of benzene rings is 1. The summed E-state index contributed by atoms with van der Waals surface area (Å²) in [6.07, 6.45) is 8.29. The highest BCUT2D eigenvalue weighted by Gasteiger charge is 2.42. The Kier molecular flexibility index (Phi) is 6.37. The van der Waals surface area contributed by atoms with Crippen molar-refractivity contribution < 1.29 is 13.9 Å². The minimum atomic E-state index is -0.469. The maximum atomic E-state index is 13.5. The lowest BCUT2D eigenvalue weighted by atomic mass is 9.86. The van der Waals surface area contributed by atoms with E-state index in [1.807, 2.05) is 12.2 Å². The summed E-state index contributed by atoms with van der Waals surface area (Å²) in [6, 6.07) is 4.10. The normalized spacial score (nSPS) is 26.5. The summed E-state index contributed by atoms with van der Waals surface area (Å²) >= 11 is 5.90. The number of rotatable bonds is 5. The van der Waals surface area contributed by atoms with Gasteiger partial charge in [-0.15, -0.1) is 0 Å². The molecule has 2 aromatic rings. The summed E-state index contributed by atoms with van der Waals surface area (Å²) in [5, 5.41) is 4.76. The molecule has 2 saturated heterocycles. The minimum absolute atomic E-state index is 0.0225. The van der Waals surface area contributed by atoms with Crippen LogP contribution in [-0.4, -0.2) is 66.0 Å². The Labute approximate surface area is 197 Å². The van der Waals surface area contributed by atoms with E-state index in [9.17, 15) is 4.39 Å². The van der Waals surface area contributed by atoms with Crippen LogP contribution in [0.2, 0.25) is 5.02 Å². The van der Waals surface area contributed by atoms with E-state index in [0.717, 1.165) is 49.5 Å². The molecule has 1 aliphatic carbocycles. The van der Waals surface area contributed by atoms with Crippen molar-refractivity contribution in [2.24, 2.45) is 11.7 Å². The lowest BCUT2D eigenvalue weighted by molar-refractivity contribution is -0.0399. The molecule has 2 fully saturated rings. The van der Waals surface area contributed by atoms with Crippen LogP contribution in [0, 0.1) is 11.7 Å². The third-order valence-electron chi connectivity index (χ3n) is 6.87. The van der Waals surface area contributed by atoms with Gasteiger partial charge >= 0.3 is 0 Å². The molecule has 33 heavy (non-hydrogen) atoms. The molecule has 3 aliphatic rings. The number of nitrogens with zero attached hydrogens (tertiary/aromatic N) is 3. The van der Waals surface area contributed by atoms with E-state index in [2.05, 4.69) is 27.2 Å². The third kappa shape index (κ3) is 4.90. The van der Waals surface area contributed by atoms with Gasteiger partial charge in [0.15, 0.2) is 0 Å². The summed E-state index contributed by atoms with van der Waals surface area (Å²) in [7, 11) is 2.16. The smallest absolute Gasteiger partial charge is 0.141 e. The van der Waals surface area contributed by atoms with Crippen LogP contribution < -0.4 is 21.6 Å². The molecule has 0 saturated carbocycles. The predicted molar refractivity (Wildman–Crippen MR) is 126 cm³/mol. The van der Waals surface area contributed by atoms with Crippen molar-refractivity contribution >= 4 is 35.3 Å². The highest BCUT2D eigenvalue weighted by molar-refractivity contribution is 6.31. The first kappa shape index (κ1) is 22.7. The number of piperidine rings is 1. The van der Waals surface area contributed by atoms with Crippen LogP contribution in [-0.2, 0) is 9.47 Å². The van der Waals surface area contributed by atoms with Crippen molar-refractivity contribution in [3.05, 3.63) is 45.9 Å². The van der Waals surface area contributed by atoms with Gasteiger partial charge in [-0.3, -0.25) is 0 Å². The summed E-state index contributed by atoms with van der Waals surface area (Å²) in [5.41, 5.74) is 7.09. The highest BCUT2D eigenvalue weighted by atomic mass is 35.5. The Morgan fingerprint density at radius 1 is 1.30 bits per heavy atom. The first-order chi connectivity index (χ1) is 15.9. The zero-order valence-electron chi connectivity index (χ0n) is 18.6. The second-order valence-corrected chi connectivity index (χ2v) is 9.76. The zero-order valence-corrected chi connectivity index (χ0v) is 19.4. The fourth-order valence-corrected chi connectivity index (χ4v) is 5.08. The molecule has 0 bridgehead atoms. The molecule has 7 nitrogen and oxygen atoms in total. The van der Waals surface area contributed by atoms with E-state index in [1.54, 1.807) is 6.07 Å². The van der Waals surface area contributed by atoms with Gasteiger partial charge in [-0.05, 0) is 50.6 Å². The lowest BCUT2D eigenvalue weighted by Crippen LogP contribution is -2.46. The van der Waals surface area contributed by atoms with Crippen molar-refractivity contribution in [1.82, 2.24) is 14.9 Å². The molecule has 1 aromatic heterocycles. The quantitative estimate of drug-likeness (QED) is 0.684. The maximum absolute atomic E-state index is 13.5. The number of anilines is 2. The van der Waals surface area contributed by atoms with Crippen molar-refractivity contribution in [2.45, 2.75) is 37.0 Å². The van der Waals surface area contributed by atoms with Gasteiger partial charge in [-0.1, -0.05) is 17.7 Å². The molecule has 9 heteroatoms. The van der Waals surface area contributed by atoms with Crippen LogP contribution >= 0.6 is 11.6 Å². The third-order valence-corrected chi connectivity index (χ3v) is 7.16. The molecule has 2 aliphatic heterocycles. The molecule has 3 N–H and O–H groups in total. The van der Waals surface area contributed by atoms with Crippen molar-refractivity contribution in [1.29, 1.82) is 0 Å². The van der Waals surface area contributed by atoms with Crippen LogP contribution in [0.5, 0.6) is 0 Å². The molecule has 2 unspecified atom stereocenters. The van der Waals surface area contributed by atoms with E-state index in [1.165, 1.54) is 18.5 Å². The van der Waals surface area contributed by atoms with Crippen LogP contribution in [0.15, 0.2) is 24.5 Å². The minimum Gasteiger partial charge on any atom is -0.375 e. The van der Waals surface area contributed by atoms with Crippen LogP contribution in [0.1, 0.15) is 19.3 Å². The number of hydrogen-bond acceptors (Lipinski definition) is 7. The topological polar surface area (TPSA) is 85.5 Å². The van der Waals surface area contributed by atoms with Crippen LogP contribution in [0.3, 0.4) is 0 Å². The number of halogens is 2. The number of nitrogens with two attached hydrogens (primary N) is 1. The van der Waals surface area contributed by atoms with Crippen LogP contribution in [0.4, 0.5) is 15.9 Å². The number of aromatic nitrogens is 2. The number of nitrogens with one attached hydrogen (secondary N) is 1. The Morgan fingerprint density at radius 2 is 2.12 bits per heavy atom. The summed E-state index contributed by atoms with van der Waals surface area (Å²) in [4.78, 5) is 11.1. The molecule has 0 amide bonds. The molecule has 176 valence electrons. The molecular weight excluding hydrogens is 445 g/mol. The molecule has 3 heterocycles. The second kappa shape index (κ2) is 9.27. The van der Waals surface area contributed by atoms with Crippen molar-refractivity contribution in [3.8, 4) is 0 Å². The molecule has 3 atom stereocenters. The van der Waals surface area contributed by atoms with E-state index < -0.39 is 5.82 Å².